The van der Waals surface area contributed by atoms with Crippen LogP contribution in [0.15, 0.2) is 53.4 Å². The molecule has 0 N–H and O–H groups in total. The molecule has 0 unspecified atom stereocenters. The maximum Gasteiger partial charge on any atom is 0.337 e. The Balaban J connectivity index is 1.61. The van der Waals surface area contributed by atoms with E-state index in [1.54, 1.807) is 30.3 Å². The molecular formula is C21H19NO5S. The Hall–Kier alpha value is -3.06. The minimum Gasteiger partial charge on any atom is -0.492 e. The zero-order chi connectivity index (χ0) is 20.1. The van der Waals surface area contributed by atoms with E-state index in [-0.39, 0.29) is 24.3 Å². The van der Waals surface area contributed by atoms with Gasteiger partial charge in [-0.05, 0) is 54.6 Å². The average Bonchev–Trinajstić information content (AvgIpc) is 2.96. The molecule has 28 heavy (non-hydrogen) atoms. The summed E-state index contributed by atoms with van der Waals surface area (Å²) in [5, 5.41) is -0.324. The molecule has 1 saturated heterocycles. The molecule has 1 fully saturated rings. The fourth-order valence-electron chi connectivity index (χ4n) is 2.57. The maximum atomic E-state index is 12.5. The zero-order valence-corrected chi connectivity index (χ0v) is 16.3. The van der Waals surface area contributed by atoms with Crippen LogP contribution in [-0.4, -0.2) is 42.3 Å². The second kappa shape index (κ2) is 8.75. The van der Waals surface area contributed by atoms with Gasteiger partial charge in [-0.1, -0.05) is 29.8 Å². The number of hydrogen-bond acceptors (Lipinski definition) is 6. The van der Waals surface area contributed by atoms with Crippen LogP contribution in [0.3, 0.4) is 0 Å². The van der Waals surface area contributed by atoms with Crippen molar-refractivity contribution < 1.29 is 23.9 Å². The number of methoxy groups -OCH3 is 1. The summed E-state index contributed by atoms with van der Waals surface area (Å²) in [5.41, 5.74) is 2.26. The normalized spacial score (nSPS) is 15.2. The van der Waals surface area contributed by atoms with E-state index in [2.05, 4.69) is 4.74 Å². The van der Waals surface area contributed by atoms with Gasteiger partial charge in [0.05, 0.1) is 24.1 Å². The Morgan fingerprint density at radius 1 is 1.07 bits per heavy atom. The van der Waals surface area contributed by atoms with E-state index in [9.17, 15) is 14.4 Å². The van der Waals surface area contributed by atoms with Crippen LogP contribution in [0, 0.1) is 6.92 Å². The van der Waals surface area contributed by atoms with Gasteiger partial charge in [0.1, 0.15) is 12.4 Å². The standard InChI is InChI=1S/C21H19NO5S/c1-14-3-9-17(10-4-14)27-12-11-22-19(23)18(28-21(22)25)13-15-5-7-16(8-6-15)20(24)26-2/h3-10,13H,11-12H2,1-2H3. The highest BCUT2D eigenvalue weighted by atomic mass is 32.2. The Morgan fingerprint density at radius 2 is 1.75 bits per heavy atom. The number of hydrogen-bond donors (Lipinski definition) is 0. The van der Waals surface area contributed by atoms with Crippen molar-refractivity contribution >= 4 is 35.0 Å². The van der Waals surface area contributed by atoms with Crippen molar-refractivity contribution in [2.75, 3.05) is 20.3 Å². The van der Waals surface area contributed by atoms with Gasteiger partial charge in [0.2, 0.25) is 0 Å². The van der Waals surface area contributed by atoms with E-state index in [4.69, 9.17) is 4.74 Å². The number of imide groups is 1. The molecule has 6 nitrogen and oxygen atoms in total. The van der Waals surface area contributed by atoms with E-state index in [1.165, 1.54) is 12.0 Å². The number of benzene rings is 2. The first-order valence-electron chi connectivity index (χ1n) is 8.61. The molecule has 1 aliphatic heterocycles. The summed E-state index contributed by atoms with van der Waals surface area (Å²) in [5.74, 6) is -0.0844. The highest BCUT2D eigenvalue weighted by molar-refractivity contribution is 8.18. The first-order chi connectivity index (χ1) is 13.5. The quantitative estimate of drug-likeness (QED) is 0.544. The van der Waals surface area contributed by atoms with E-state index in [1.807, 2.05) is 31.2 Å². The van der Waals surface area contributed by atoms with Crippen LogP contribution in [0.25, 0.3) is 6.08 Å². The van der Waals surface area contributed by atoms with Crippen molar-refractivity contribution in [1.82, 2.24) is 4.90 Å². The Labute approximate surface area is 167 Å². The predicted octanol–water partition coefficient (Wildman–Crippen LogP) is 3.90. The number of carbonyl (C=O) groups excluding carboxylic acids is 3. The van der Waals surface area contributed by atoms with Crippen LogP contribution in [-0.2, 0) is 9.53 Å². The Morgan fingerprint density at radius 3 is 2.39 bits per heavy atom. The van der Waals surface area contributed by atoms with E-state index in [0.29, 0.717) is 21.8 Å². The molecule has 0 bridgehead atoms. The smallest absolute Gasteiger partial charge is 0.337 e. The number of esters is 1. The molecule has 144 valence electrons. The third-order valence-corrected chi connectivity index (χ3v) is 5.02. The summed E-state index contributed by atoms with van der Waals surface area (Å²) in [6, 6.07) is 14.2. The largest absolute Gasteiger partial charge is 0.492 e. The van der Waals surface area contributed by atoms with Crippen LogP contribution in [0.2, 0.25) is 0 Å². The molecule has 7 heteroatoms. The van der Waals surface area contributed by atoms with Crippen molar-refractivity contribution in [3.63, 3.8) is 0 Å². The molecule has 2 aromatic rings. The maximum absolute atomic E-state index is 12.5. The van der Waals surface area contributed by atoms with Gasteiger partial charge in [-0.15, -0.1) is 0 Å². The average molecular weight is 397 g/mol. The number of amides is 2. The van der Waals surface area contributed by atoms with Crippen LogP contribution < -0.4 is 4.74 Å². The number of carbonyl (C=O) groups is 3. The number of rotatable bonds is 6. The zero-order valence-electron chi connectivity index (χ0n) is 15.5. The minimum atomic E-state index is -0.430. The lowest BCUT2D eigenvalue weighted by molar-refractivity contribution is -0.123. The first-order valence-corrected chi connectivity index (χ1v) is 9.43. The van der Waals surface area contributed by atoms with Crippen molar-refractivity contribution in [1.29, 1.82) is 0 Å². The molecule has 0 atom stereocenters. The van der Waals surface area contributed by atoms with E-state index >= 15 is 0 Å². The van der Waals surface area contributed by atoms with Crippen LogP contribution >= 0.6 is 11.8 Å². The summed E-state index contributed by atoms with van der Waals surface area (Å²) >= 11 is 0.891. The Bertz CT molecular complexity index is 919. The van der Waals surface area contributed by atoms with Crippen LogP contribution in [0.4, 0.5) is 4.79 Å². The molecule has 2 amide bonds. The highest BCUT2D eigenvalue weighted by Crippen LogP contribution is 2.32. The fourth-order valence-corrected chi connectivity index (χ4v) is 3.43. The van der Waals surface area contributed by atoms with Gasteiger partial charge in [-0.2, -0.15) is 0 Å². The number of aryl methyl sites for hydroxylation is 1. The van der Waals surface area contributed by atoms with Gasteiger partial charge in [-0.25, -0.2) is 4.79 Å². The summed E-state index contributed by atoms with van der Waals surface area (Å²) in [6.07, 6.45) is 1.63. The first kappa shape index (κ1) is 19.7. The summed E-state index contributed by atoms with van der Waals surface area (Å²) in [4.78, 5) is 37.7. The molecule has 1 aliphatic rings. The molecule has 2 aromatic carbocycles. The Kier molecular flexibility index (Phi) is 6.16. The third-order valence-electron chi connectivity index (χ3n) is 4.11. The van der Waals surface area contributed by atoms with Crippen molar-refractivity contribution in [3.8, 4) is 5.75 Å². The second-order valence-electron chi connectivity index (χ2n) is 6.11. The lowest BCUT2D eigenvalue weighted by atomic mass is 10.1. The van der Waals surface area contributed by atoms with Gasteiger partial charge in [0, 0.05) is 0 Å². The summed E-state index contributed by atoms with van der Waals surface area (Å²) < 4.78 is 10.3. The van der Waals surface area contributed by atoms with Crippen molar-refractivity contribution in [3.05, 3.63) is 70.1 Å². The summed E-state index contributed by atoms with van der Waals surface area (Å²) in [7, 11) is 1.31. The third kappa shape index (κ3) is 4.61. The fraction of sp³-hybridized carbons (Fsp3) is 0.190. The summed E-state index contributed by atoms with van der Waals surface area (Å²) in [6.45, 7) is 2.39. The molecule has 0 aliphatic carbocycles. The molecule has 3 rings (SSSR count). The van der Waals surface area contributed by atoms with E-state index in [0.717, 1.165) is 17.3 Å². The van der Waals surface area contributed by atoms with Gasteiger partial charge in [0.15, 0.2) is 0 Å². The lowest BCUT2D eigenvalue weighted by Gasteiger charge is -2.13. The number of thioether (sulfide) groups is 1. The monoisotopic (exact) mass is 397 g/mol. The van der Waals surface area contributed by atoms with Gasteiger partial charge in [0.25, 0.3) is 11.1 Å². The lowest BCUT2D eigenvalue weighted by Crippen LogP contribution is -2.32. The molecule has 0 spiro atoms. The van der Waals surface area contributed by atoms with E-state index < -0.39 is 5.97 Å². The molecule has 0 radical (unpaired) electrons. The topological polar surface area (TPSA) is 72.9 Å². The molecular weight excluding hydrogens is 378 g/mol. The minimum absolute atomic E-state index is 0.178. The van der Waals surface area contributed by atoms with Crippen molar-refractivity contribution in [2.24, 2.45) is 0 Å². The predicted molar refractivity (Wildman–Crippen MR) is 107 cm³/mol. The van der Waals surface area contributed by atoms with Crippen LogP contribution in [0.5, 0.6) is 5.75 Å². The van der Waals surface area contributed by atoms with Crippen molar-refractivity contribution in [2.45, 2.75) is 6.92 Å². The molecule has 0 saturated carbocycles. The van der Waals surface area contributed by atoms with Crippen LogP contribution in [0.1, 0.15) is 21.5 Å². The SMILES string of the molecule is COC(=O)c1ccc(C=C2SC(=O)N(CCOc3ccc(C)cc3)C2=O)cc1. The van der Waals surface area contributed by atoms with Gasteiger partial charge in [-0.3, -0.25) is 14.5 Å². The number of nitrogens with zero attached hydrogens (tertiary/aromatic N) is 1. The number of ether oxygens (including phenoxy) is 2. The van der Waals surface area contributed by atoms with Gasteiger partial charge >= 0.3 is 5.97 Å². The highest BCUT2D eigenvalue weighted by Gasteiger charge is 2.34. The molecule has 0 aromatic heterocycles. The van der Waals surface area contributed by atoms with Gasteiger partial charge < -0.3 is 9.47 Å². The second-order valence-corrected chi connectivity index (χ2v) is 7.10. The molecule has 1 heterocycles.